The van der Waals surface area contributed by atoms with E-state index in [0.29, 0.717) is 35.6 Å². The molecular weight excluding hydrogens is 384 g/mol. The Kier molecular flexibility index (Phi) is 6.53. The van der Waals surface area contributed by atoms with Crippen LogP contribution in [-0.2, 0) is 13.0 Å². The second-order valence-electron chi connectivity index (χ2n) is 6.38. The Bertz CT molecular complexity index is 1070. The number of phenols is 1. The quantitative estimate of drug-likeness (QED) is 0.548. The number of ether oxygens (including phenoxy) is 1. The standard InChI is InChI=1S/C23H20N2O3S/c1-3-20-22(10-9-21(15(2)26)23(20)27)28-14-16-5-4-6-18(11-16)29-19-8-7-17(12-24)25-13-19/h4-11,13,27H,3,14H2,1-2H3. The molecule has 0 aliphatic heterocycles. The van der Waals surface area contributed by atoms with Crippen molar-refractivity contribution in [2.24, 2.45) is 0 Å². The van der Waals surface area contributed by atoms with Crippen molar-refractivity contribution in [2.75, 3.05) is 0 Å². The van der Waals surface area contributed by atoms with Crippen LogP contribution < -0.4 is 4.74 Å². The summed E-state index contributed by atoms with van der Waals surface area (Å²) in [6.45, 7) is 3.68. The number of nitriles is 1. The van der Waals surface area contributed by atoms with Crippen LogP contribution in [0.15, 0.2) is 64.5 Å². The van der Waals surface area contributed by atoms with Crippen LogP contribution >= 0.6 is 11.8 Å². The summed E-state index contributed by atoms with van der Waals surface area (Å²) in [7, 11) is 0. The lowest BCUT2D eigenvalue weighted by Gasteiger charge is -2.14. The fraction of sp³-hybridized carbons (Fsp3) is 0.174. The van der Waals surface area contributed by atoms with Crippen molar-refractivity contribution in [3.63, 3.8) is 0 Å². The number of benzene rings is 2. The molecule has 0 spiro atoms. The summed E-state index contributed by atoms with van der Waals surface area (Å²) >= 11 is 1.55. The average molecular weight is 404 g/mol. The molecule has 146 valence electrons. The molecule has 2 aromatic carbocycles. The Labute approximate surface area is 174 Å². The third kappa shape index (κ3) is 4.95. The second kappa shape index (κ2) is 9.26. The van der Waals surface area contributed by atoms with Gasteiger partial charge in [0.1, 0.15) is 29.9 Å². The molecule has 29 heavy (non-hydrogen) atoms. The first-order chi connectivity index (χ1) is 14.0. The fourth-order valence-corrected chi connectivity index (χ4v) is 3.75. The molecule has 0 amide bonds. The Balaban J connectivity index is 1.73. The van der Waals surface area contributed by atoms with E-state index in [4.69, 9.17) is 10.00 Å². The van der Waals surface area contributed by atoms with Crippen molar-refractivity contribution in [1.82, 2.24) is 4.98 Å². The number of ketones is 1. The van der Waals surface area contributed by atoms with Crippen LogP contribution in [0.1, 0.15) is 41.0 Å². The van der Waals surface area contributed by atoms with E-state index in [9.17, 15) is 9.90 Å². The van der Waals surface area contributed by atoms with Gasteiger partial charge in [0.2, 0.25) is 0 Å². The van der Waals surface area contributed by atoms with Gasteiger partial charge in [0.05, 0.1) is 5.56 Å². The van der Waals surface area contributed by atoms with Gasteiger partial charge in [-0.2, -0.15) is 5.26 Å². The summed E-state index contributed by atoms with van der Waals surface area (Å²) in [6.07, 6.45) is 2.24. The Hall–Kier alpha value is -3.30. The highest BCUT2D eigenvalue weighted by Gasteiger charge is 2.15. The molecule has 0 unspecified atom stereocenters. The van der Waals surface area contributed by atoms with Crippen LogP contribution in [0.25, 0.3) is 0 Å². The smallest absolute Gasteiger partial charge is 0.163 e. The van der Waals surface area contributed by atoms with Crippen LogP contribution in [0.2, 0.25) is 0 Å². The first-order valence-corrected chi connectivity index (χ1v) is 9.95. The van der Waals surface area contributed by atoms with Crippen LogP contribution in [0.5, 0.6) is 11.5 Å². The van der Waals surface area contributed by atoms with E-state index in [-0.39, 0.29) is 11.5 Å². The van der Waals surface area contributed by atoms with Crippen molar-refractivity contribution in [2.45, 2.75) is 36.7 Å². The Morgan fingerprint density at radius 2 is 2.03 bits per heavy atom. The first-order valence-electron chi connectivity index (χ1n) is 9.13. The number of nitrogens with zero attached hydrogens (tertiary/aromatic N) is 2. The molecule has 0 bridgehead atoms. The van der Waals surface area contributed by atoms with Gasteiger partial charge in [-0.15, -0.1) is 0 Å². The highest BCUT2D eigenvalue weighted by Crippen LogP contribution is 2.33. The number of rotatable bonds is 7. The molecule has 0 atom stereocenters. The topological polar surface area (TPSA) is 83.2 Å². The number of Topliss-reactive ketones (excluding diaryl/α,β-unsaturated/α-hetero) is 1. The van der Waals surface area contributed by atoms with Crippen LogP contribution in [0.4, 0.5) is 0 Å². The number of carbonyl (C=O) groups excluding carboxylic acids is 1. The maximum atomic E-state index is 11.6. The van der Waals surface area contributed by atoms with Gasteiger partial charge in [-0.3, -0.25) is 4.79 Å². The number of aromatic hydroxyl groups is 1. The molecule has 0 saturated carbocycles. The van der Waals surface area contributed by atoms with Crippen molar-refractivity contribution in [3.05, 3.63) is 77.1 Å². The summed E-state index contributed by atoms with van der Waals surface area (Å²) in [5, 5.41) is 19.2. The van der Waals surface area contributed by atoms with Gasteiger partial charge >= 0.3 is 0 Å². The van der Waals surface area contributed by atoms with E-state index < -0.39 is 0 Å². The molecule has 0 aliphatic rings. The monoisotopic (exact) mass is 404 g/mol. The fourth-order valence-electron chi connectivity index (χ4n) is 2.88. The molecule has 5 nitrogen and oxygen atoms in total. The number of phenolic OH excluding ortho intramolecular Hbond substituents is 1. The number of carbonyl (C=O) groups is 1. The van der Waals surface area contributed by atoms with Crippen LogP contribution in [0, 0.1) is 11.3 Å². The molecule has 6 heteroatoms. The van der Waals surface area contributed by atoms with Crippen LogP contribution in [0.3, 0.4) is 0 Å². The molecule has 0 saturated heterocycles. The van der Waals surface area contributed by atoms with E-state index >= 15 is 0 Å². The molecular formula is C23H20N2O3S. The minimum atomic E-state index is -0.175. The number of hydrogen-bond donors (Lipinski definition) is 1. The van der Waals surface area contributed by atoms with Gasteiger partial charge in [0, 0.05) is 21.6 Å². The van der Waals surface area contributed by atoms with E-state index in [1.54, 1.807) is 36.2 Å². The van der Waals surface area contributed by atoms with Gasteiger partial charge in [-0.1, -0.05) is 30.8 Å². The first kappa shape index (κ1) is 20.4. The van der Waals surface area contributed by atoms with Gasteiger partial charge < -0.3 is 9.84 Å². The largest absolute Gasteiger partial charge is 0.507 e. The predicted octanol–water partition coefficient (Wildman–Crippen LogP) is 5.15. The SMILES string of the molecule is CCc1c(OCc2cccc(Sc3ccc(C#N)nc3)c2)ccc(C(C)=O)c1O. The Morgan fingerprint density at radius 3 is 2.69 bits per heavy atom. The highest BCUT2D eigenvalue weighted by molar-refractivity contribution is 7.99. The third-order valence-corrected chi connectivity index (χ3v) is 5.32. The lowest BCUT2D eigenvalue weighted by molar-refractivity contribution is 0.101. The second-order valence-corrected chi connectivity index (χ2v) is 7.52. The maximum absolute atomic E-state index is 11.6. The van der Waals surface area contributed by atoms with E-state index in [1.807, 2.05) is 43.3 Å². The van der Waals surface area contributed by atoms with E-state index in [1.165, 1.54) is 6.92 Å². The van der Waals surface area contributed by atoms with E-state index in [0.717, 1.165) is 15.4 Å². The predicted molar refractivity (Wildman–Crippen MR) is 111 cm³/mol. The zero-order valence-corrected chi connectivity index (χ0v) is 17.0. The molecule has 1 N–H and O–H groups in total. The van der Waals surface area contributed by atoms with Gasteiger partial charge in [-0.25, -0.2) is 4.98 Å². The minimum absolute atomic E-state index is 0.00452. The zero-order valence-electron chi connectivity index (χ0n) is 16.2. The molecule has 3 aromatic rings. The highest BCUT2D eigenvalue weighted by atomic mass is 32.2. The Morgan fingerprint density at radius 1 is 1.21 bits per heavy atom. The summed E-state index contributed by atoms with van der Waals surface area (Å²) in [4.78, 5) is 17.7. The summed E-state index contributed by atoms with van der Waals surface area (Å²) in [6, 6.07) is 16.8. The third-order valence-electron chi connectivity index (χ3n) is 4.35. The number of pyridine rings is 1. The van der Waals surface area contributed by atoms with E-state index in [2.05, 4.69) is 4.98 Å². The number of hydrogen-bond acceptors (Lipinski definition) is 6. The van der Waals surface area contributed by atoms with Crippen molar-refractivity contribution in [3.8, 4) is 17.6 Å². The van der Waals surface area contributed by atoms with Gasteiger partial charge in [0.15, 0.2) is 5.78 Å². The molecule has 0 fully saturated rings. The maximum Gasteiger partial charge on any atom is 0.163 e. The lowest BCUT2D eigenvalue weighted by Crippen LogP contribution is -2.02. The molecule has 0 aliphatic carbocycles. The molecule has 3 rings (SSSR count). The van der Waals surface area contributed by atoms with Gasteiger partial charge in [0.25, 0.3) is 0 Å². The minimum Gasteiger partial charge on any atom is -0.507 e. The molecule has 0 radical (unpaired) electrons. The number of aromatic nitrogens is 1. The molecule has 1 heterocycles. The average Bonchev–Trinajstić information content (AvgIpc) is 2.73. The van der Waals surface area contributed by atoms with Crippen LogP contribution in [-0.4, -0.2) is 15.9 Å². The van der Waals surface area contributed by atoms with Crippen molar-refractivity contribution >= 4 is 17.5 Å². The normalized spacial score (nSPS) is 10.4. The van der Waals surface area contributed by atoms with Crippen molar-refractivity contribution < 1.29 is 14.6 Å². The molecule has 1 aromatic heterocycles. The van der Waals surface area contributed by atoms with Gasteiger partial charge in [-0.05, 0) is 55.3 Å². The summed E-state index contributed by atoms with van der Waals surface area (Å²) in [5.41, 5.74) is 2.31. The summed E-state index contributed by atoms with van der Waals surface area (Å²) < 4.78 is 5.94. The lowest BCUT2D eigenvalue weighted by atomic mass is 10.0. The summed E-state index contributed by atoms with van der Waals surface area (Å²) in [5.74, 6) is 0.394. The van der Waals surface area contributed by atoms with Crippen molar-refractivity contribution in [1.29, 1.82) is 5.26 Å². The zero-order chi connectivity index (χ0) is 20.8.